The molecule has 4 heteroatoms. The minimum Gasteiger partial charge on any atom is -0.352 e. The first-order chi connectivity index (χ1) is 8.77. The van der Waals surface area contributed by atoms with E-state index in [9.17, 15) is 9.18 Å². The molecular formula is C14H19FN2O. The lowest BCUT2D eigenvalue weighted by Gasteiger charge is -2.14. The Morgan fingerprint density at radius 1 is 1.28 bits per heavy atom. The van der Waals surface area contributed by atoms with Crippen molar-refractivity contribution >= 4 is 5.91 Å². The molecule has 1 fully saturated rings. The second-order valence-electron chi connectivity index (χ2n) is 4.64. The van der Waals surface area contributed by atoms with Gasteiger partial charge >= 0.3 is 0 Å². The van der Waals surface area contributed by atoms with Gasteiger partial charge in [0, 0.05) is 6.54 Å². The Hall–Kier alpha value is -1.42. The predicted molar refractivity (Wildman–Crippen MR) is 69.0 cm³/mol. The van der Waals surface area contributed by atoms with Crippen molar-refractivity contribution in [3.63, 3.8) is 0 Å². The SMILES string of the molecule is O=C(NCCCN1CCCC1)c1ccccc1F. The average Bonchev–Trinajstić information content (AvgIpc) is 2.88. The van der Waals surface area contributed by atoms with Gasteiger partial charge in [-0.1, -0.05) is 12.1 Å². The number of nitrogens with one attached hydrogen (secondary N) is 1. The highest BCUT2D eigenvalue weighted by atomic mass is 19.1. The second-order valence-corrected chi connectivity index (χ2v) is 4.64. The van der Waals surface area contributed by atoms with Crippen molar-refractivity contribution in [1.82, 2.24) is 10.2 Å². The fraction of sp³-hybridized carbons (Fsp3) is 0.500. The first-order valence-corrected chi connectivity index (χ1v) is 6.52. The lowest BCUT2D eigenvalue weighted by molar-refractivity contribution is 0.0948. The minimum absolute atomic E-state index is 0.124. The summed E-state index contributed by atoms with van der Waals surface area (Å²) in [5.41, 5.74) is 0.124. The van der Waals surface area contributed by atoms with Crippen LogP contribution in [0, 0.1) is 5.82 Å². The third kappa shape index (κ3) is 3.53. The molecule has 1 saturated heterocycles. The van der Waals surface area contributed by atoms with E-state index in [1.807, 2.05) is 0 Å². The predicted octanol–water partition coefficient (Wildman–Crippen LogP) is 2.04. The Balaban J connectivity index is 1.70. The molecule has 1 aromatic carbocycles. The highest BCUT2D eigenvalue weighted by Gasteiger charge is 2.12. The molecule has 0 spiro atoms. The first kappa shape index (κ1) is 13.0. The van der Waals surface area contributed by atoms with Crippen LogP contribution in [0.3, 0.4) is 0 Å². The number of rotatable bonds is 5. The van der Waals surface area contributed by atoms with E-state index in [0.717, 1.165) is 13.0 Å². The molecule has 0 radical (unpaired) electrons. The molecule has 98 valence electrons. The average molecular weight is 250 g/mol. The number of halogens is 1. The Kier molecular flexibility index (Phi) is 4.70. The molecule has 0 saturated carbocycles. The van der Waals surface area contributed by atoms with Gasteiger partial charge in [0.2, 0.25) is 0 Å². The maximum absolute atomic E-state index is 13.3. The van der Waals surface area contributed by atoms with E-state index in [-0.39, 0.29) is 11.5 Å². The second kappa shape index (κ2) is 6.50. The van der Waals surface area contributed by atoms with Gasteiger partial charge < -0.3 is 10.2 Å². The summed E-state index contributed by atoms with van der Waals surface area (Å²) in [7, 11) is 0. The van der Waals surface area contributed by atoms with Crippen molar-refractivity contribution in [3.05, 3.63) is 35.6 Å². The number of hydrogen-bond acceptors (Lipinski definition) is 2. The van der Waals surface area contributed by atoms with Crippen LogP contribution in [-0.4, -0.2) is 37.0 Å². The molecule has 1 aromatic rings. The lowest BCUT2D eigenvalue weighted by atomic mass is 10.2. The molecule has 18 heavy (non-hydrogen) atoms. The number of carbonyl (C=O) groups excluding carboxylic acids is 1. The molecule has 0 atom stereocenters. The van der Waals surface area contributed by atoms with Gasteiger partial charge in [0.25, 0.3) is 5.91 Å². The highest BCUT2D eigenvalue weighted by Crippen LogP contribution is 2.08. The molecule has 1 N–H and O–H groups in total. The van der Waals surface area contributed by atoms with Crippen molar-refractivity contribution in [2.45, 2.75) is 19.3 Å². The summed E-state index contributed by atoms with van der Waals surface area (Å²) in [6, 6.07) is 6.06. The fourth-order valence-electron chi connectivity index (χ4n) is 2.25. The topological polar surface area (TPSA) is 32.3 Å². The summed E-state index contributed by atoms with van der Waals surface area (Å²) in [4.78, 5) is 14.1. The largest absolute Gasteiger partial charge is 0.352 e. The molecule has 0 aliphatic carbocycles. The number of carbonyl (C=O) groups is 1. The zero-order valence-electron chi connectivity index (χ0n) is 10.5. The van der Waals surface area contributed by atoms with Gasteiger partial charge in [0.15, 0.2) is 0 Å². The highest BCUT2D eigenvalue weighted by molar-refractivity contribution is 5.94. The Labute approximate surface area is 107 Å². The zero-order chi connectivity index (χ0) is 12.8. The number of amides is 1. The zero-order valence-corrected chi connectivity index (χ0v) is 10.5. The molecule has 1 aliphatic rings. The molecule has 0 bridgehead atoms. The summed E-state index contributed by atoms with van der Waals surface area (Å²) < 4.78 is 13.3. The molecule has 1 aliphatic heterocycles. The van der Waals surface area contributed by atoms with Crippen LogP contribution in [0.2, 0.25) is 0 Å². The first-order valence-electron chi connectivity index (χ1n) is 6.52. The van der Waals surface area contributed by atoms with Gasteiger partial charge in [-0.25, -0.2) is 4.39 Å². The molecule has 1 amide bonds. The Morgan fingerprint density at radius 2 is 2.00 bits per heavy atom. The van der Waals surface area contributed by atoms with Gasteiger partial charge in [0.1, 0.15) is 5.82 Å². The summed E-state index contributed by atoms with van der Waals surface area (Å²) >= 11 is 0. The monoisotopic (exact) mass is 250 g/mol. The third-order valence-electron chi connectivity index (χ3n) is 3.25. The Bertz CT molecular complexity index is 403. The van der Waals surface area contributed by atoms with Crippen molar-refractivity contribution in [2.24, 2.45) is 0 Å². The molecule has 0 aromatic heterocycles. The maximum Gasteiger partial charge on any atom is 0.254 e. The molecule has 2 rings (SSSR count). The summed E-state index contributed by atoms with van der Waals surface area (Å²) in [6.07, 6.45) is 3.48. The quantitative estimate of drug-likeness (QED) is 0.811. The van der Waals surface area contributed by atoms with E-state index in [2.05, 4.69) is 10.2 Å². The summed E-state index contributed by atoms with van der Waals surface area (Å²) in [5, 5.41) is 2.76. The third-order valence-corrected chi connectivity index (χ3v) is 3.25. The number of hydrogen-bond donors (Lipinski definition) is 1. The van der Waals surface area contributed by atoms with Crippen LogP contribution >= 0.6 is 0 Å². The van der Waals surface area contributed by atoms with Gasteiger partial charge in [-0.3, -0.25) is 4.79 Å². The summed E-state index contributed by atoms with van der Waals surface area (Å²) in [5.74, 6) is -0.788. The molecule has 0 unspecified atom stereocenters. The number of likely N-dealkylation sites (tertiary alicyclic amines) is 1. The van der Waals surface area contributed by atoms with E-state index in [1.54, 1.807) is 12.1 Å². The maximum atomic E-state index is 13.3. The fourth-order valence-corrected chi connectivity index (χ4v) is 2.25. The lowest BCUT2D eigenvalue weighted by Crippen LogP contribution is -2.29. The van der Waals surface area contributed by atoms with E-state index >= 15 is 0 Å². The normalized spacial score (nSPS) is 15.8. The van der Waals surface area contributed by atoms with Crippen molar-refractivity contribution in [1.29, 1.82) is 0 Å². The van der Waals surface area contributed by atoms with Crippen molar-refractivity contribution in [2.75, 3.05) is 26.2 Å². The van der Waals surface area contributed by atoms with Gasteiger partial charge in [-0.15, -0.1) is 0 Å². The molecule has 3 nitrogen and oxygen atoms in total. The molecule has 1 heterocycles. The van der Waals surface area contributed by atoms with Crippen LogP contribution in [-0.2, 0) is 0 Å². The smallest absolute Gasteiger partial charge is 0.254 e. The van der Waals surface area contributed by atoms with Crippen LogP contribution in [0.25, 0.3) is 0 Å². The van der Waals surface area contributed by atoms with E-state index < -0.39 is 5.82 Å². The minimum atomic E-state index is -0.463. The van der Waals surface area contributed by atoms with Gasteiger partial charge in [-0.2, -0.15) is 0 Å². The van der Waals surface area contributed by atoms with Crippen LogP contribution in [0.4, 0.5) is 4.39 Å². The number of nitrogens with zero attached hydrogens (tertiary/aromatic N) is 1. The number of benzene rings is 1. The van der Waals surface area contributed by atoms with Crippen molar-refractivity contribution in [3.8, 4) is 0 Å². The van der Waals surface area contributed by atoms with Gasteiger partial charge in [-0.05, 0) is 51.0 Å². The van der Waals surface area contributed by atoms with Crippen LogP contribution in [0.1, 0.15) is 29.6 Å². The molecular weight excluding hydrogens is 231 g/mol. The van der Waals surface area contributed by atoms with Gasteiger partial charge in [0.05, 0.1) is 5.56 Å². The van der Waals surface area contributed by atoms with Crippen molar-refractivity contribution < 1.29 is 9.18 Å². The van der Waals surface area contributed by atoms with Crippen LogP contribution in [0.5, 0.6) is 0 Å². The summed E-state index contributed by atoms with van der Waals surface area (Å²) in [6.45, 7) is 3.95. The Morgan fingerprint density at radius 3 is 2.72 bits per heavy atom. The van der Waals surface area contributed by atoms with Crippen LogP contribution in [0.15, 0.2) is 24.3 Å². The van der Waals surface area contributed by atoms with Crippen LogP contribution < -0.4 is 5.32 Å². The van der Waals surface area contributed by atoms with E-state index in [1.165, 1.54) is 38.1 Å². The van der Waals surface area contributed by atoms with E-state index in [0.29, 0.717) is 6.54 Å². The van der Waals surface area contributed by atoms with E-state index in [4.69, 9.17) is 0 Å². The standard InChI is InChI=1S/C14H19FN2O/c15-13-7-2-1-6-12(13)14(18)16-8-5-11-17-9-3-4-10-17/h1-2,6-7H,3-5,8-11H2,(H,16,18).